The fourth-order valence-electron chi connectivity index (χ4n) is 4.58. The van der Waals surface area contributed by atoms with Crippen LogP contribution < -0.4 is 10.4 Å². The van der Waals surface area contributed by atoms with Gasteiger partial charge in [-0.15, -0.1) is 0 Å². The average molecular weight is 512 g/mol. The number of anilines is 1. The Morgan fingerprint density at radius 3 is 2.61 bits per heavy atom. The Morgan fingerprint density at radius 2 is 1.97 bits per heavy atom. The molecule has 1 amide bonds. The molecule has 33 heavy (non-hydrogen) atoms. The van der Waals surface area contributed by atoms with Gasteiger partial charge in [0.1, 0.15) is 6.07 Å². The maximum atomic E-state index is 13.2. The smallest absolute Gasteiger partial charge is 0.269 e. The zero-order valence-corrected chi connectivity index (χ0v) is 20.8. The lowest BCUT2D eigenvalue weighted by Crippen LogP contribution is -2.50. The number of piperazine rings is 1. The first kappa shape index (κ1) is 23.6. The number of aromatic nitrogens is 2. The number of hydrogen-bond acceptors (Lipinski definition) is 7. The SMILES string of the molecule is C[C@H]1CCC[C@@H]1N(NC(=O)c1ccc(CN2CCN(C)CC2)cc1)c1nc(C#N)ncc1Br. The lowest BCUT2D eigenvalue weighted by atomic mass is 10.1. The molecule has 174 valence electrons. The highest BCUT2D eigenvalue weighted by atomic mass is 79.9. The molecule has 2 heterocycles. The van der Waals surface area contributed by atoms with Gasteiger partial charge in [0.25, 0.3) is 5.91 Å². The van der Waals surface area contributed by atoms with Gasteiger partial charge in [0, 0.05) is 44.5 Å². The van der Waals surface area contributed by atoms with E-state index in [0.29, 0.717) is 21.8 Å². The van der Waals surface area contributed by atoms with Crippen molar-refractivity contribution in [1.82, 2.24) is 25.2 Å². The van der Waals surface area contributed by atoms with E-state index >= 15 is 0 Å². The van der Waals surface area contributed by atoms with Crippen LogP contribution in [0.15, 0.2) is 34.9 Å². The summed E-state index contributed by atoms with van der Waals surface area (Å²) in [4.78, 5) is 26.4. The Kier molecular flexibility index (Phi) is 7.58. The Bertz CT molecular complexity index is 1010. The van der Waals surface area contributed by atoms with Crippen LogP contribution in [0.25, 0.3) is 0 Å². The third-order valence-corrected chi connectivity index (χ3v) is 7.20. The summed E-state index contributed by atoms with van der Waals surface area (Å²) in [5.41, 5.74) is 4.87. The van der Waals surface area contributed by atoms with Crippen LogP contribution in [0, 0.1) is 17.2 Å². The number of likely N-dealkylation sites (N-methyl/N-ethyl adjacent to an activating group) is 1. The molecule has 0 spiro atoms. The third kappa shape index (κ3) is 5.69. The molecule has 1 aromatic heterocycles. The van der Waals surface area contributed by atoms with E-state index in [9.17, 15) is 10.1 Å². The molecule has 8 nitrogen and oxygen atoms in total. The second-order valence-corrected chi connectivity index (χ2v) is 9.89. The molecule has 4 rings (SSSR count). The summed E-state index contributed by atoms with van der Waals surface area (Å²) in [5, 5.41) is 11.1. The van der Waals surface area contributed by atoms with E-state index in [2.05, 4.69) is 55.1 Å². The Hall–Kier alpha value is -2.54. The quantitative estimate of drug-likeness (QED) is 0.595. The molecule has 1 aliphatic carbocycles. The first-order valence-electron chi connectivity index (χ1n) is 11.5. The number of rotatable bonds is 6. The number of halogens is 1. The highest BCUT2D eigenvalue weighted by Crippen LogP contribution is 2.33. The maximum absolute atomic E-state index is 13.2. The molecule has 0 unspecified atom stereocenters. The second-order valence-electron chi connectivity index (χ2n) is 9.04. The summed E-state index contributed by atoms with van der Waals surface area (Å²) >= 11 is 3.50. The lowest BCUT2D eigenvalue weighted by Gasteiger charge is -2.33. The zero-order chi connectivity index (χ0) is 23.4. The molecule has 2 atom stereocenters. The van der Waals surface area contributed by atoms with Gasteiger partial charge in [-0.1, -0.05) is 25.5 Å². The van der Waals surface area contributed by atoms with E-state index in [1.54, 1.807) is 6.20 Å². The van der Waals surface area contributed by atoms with E-state index in [1.807, 2.05) is 35.3 Å². The molecule has 2 aromatic rings. The summed E-state index contributed by atoms with van der Waals surface area (Å²) in [6.07, 6.45) is 4.69. The van der Waals surface area contributed by atoms with Crippen LogP contribution in [0.2, 0.25) is 0 Å². The number of carbonyl (C=O) groups is 1. The number of nitrogens with one attached hydrogen (secondary N) is 1. The van der Waals surface area contributed by atoms with Gasteiger partial charge in [-0.3, -0.25) is 20.1 Å². The number of nitrogens with zero attached hydrogens (tertiary/aromatic N) is 6. The van der Waals surface area contributed by atoms with Crippen molar-refractivity contribution in [1.29, 1.82) is 5.26 Å². The molecule has 1 N–H and O–H groups in total. The minimum atomic E-state index is -0.190. The fourth-order valence-corrected chi connectivity index (χ4v) is 4.97. The van der Waals surface area contributed by atoms with Crippen LogP contribution >= 0.6 is 15.9 Å². The van der Waals surface area contributed by atoms with Crippen molar-refractivity contribution in [3.05, 3.63) is 51.9 Å². The minimum absolute atomic E-state index is 0.0753. The molecular weight excluding hydrogens is 482 g/mol. The van der Waals surface area contributed by atoms with Crippen molar-refractivity contribution >= 4 is 27.7 Å². The molecule has 1 saturated carbocycles. The molecule has 1 aromatic carbocycles. The zero-order valence-electron chi connectivity index (χ0n) is 19.2. The van der Waals surface area contributed by atoms with Gasteiger partial charge >= 0.3 is 0 Å². The molecule has 0 radical (unpaired) electrons. The van der Waals surface area contributed by atoms with Gasteiger partial charge in [-0.25, -0.2) is 4.98 Å². The highest BCUT2D eigenvalue weighted by Gasteiger charge is 2.33. The van der Waals surface area contributed by atoms with Gasteiger partial charge in [0.15, 0.2) is 5.82 Å². The standard InChI is InChI=1S/C24H30BrN7O/c1-17-4-3-5-21(17)32(23-20(25)15-27-22(14-26)28-23)29-24(33)19-8-6-18(7-9-19)16-31-12-10-30(2)11-13-31/h6-9,15,17,21H,3-5,10-13,16H2,1-2H3,(H,29,33)/t17-,21-/m0/s1. The van der Waals surface area contributed by atoms with Gasteiger partial charge in [-0.05, 0) is 59.4 Å². The fraction of sp³-hybridized carbons (Fsp3) is 0.500. The normalized spacial score (nSPS) is 21.5. The molecular formula is C24H30BrN7O. The summed E-state index contributed by atoms with van der Waals surface area (Å²) in [6, 6.07) is 9.92. The summed E-state index contributed by atoms with van der Waals surface area (Å²) < 4.78 is 0.642. The average Bonchev–Trinajstić information content (AvgIpc) is 3.25. The van der Waals surface area contributed by atoms with Crippen LogP contribution in [-0.2, 0) is 6.54 Å². The van der Waals surface area contributed by atoms with Gasteiger partial charge in [-0.2, -0.15) is 10.2 Å². The van der Waals surface area contributed by atoms with Gasteiger partial charge < -0.3 is 4.90 Å². The Labute approximate surface area is 203 Å². The highest BCUT2D eigenvalue weighted by molar-refractivity contribution is 9.10. The van der Waals surface area contributed by atoms with Crippen molar-refractivity contribution in [3.8, 4) is 6.07 Å². The molecule has 2 aliphatic rings. The van der Waals surface area contributed by atoms with Crippen LogP contribution in [0.3, 0.4) is 0 Å². The molecule has 1 saturated heterocycles. The second kappa shape index (κ2) is 10.6. The summed E-state index contributed by atoms with van der Waals surface area (Å²) in [7, 11) is 2.15. The topological polar surface area (TPSA) is 88.4 Å². The number of amides is 1. The van der Waals surface area contributed by atoms with Crippen LogP contribution in [-0.4, -0.2) is 64.9 Å². The maximum Gasteiger partial charge on any atom is 0.269 e. The van der Waals surface area contributed by atoms with E-state index in [0.717, 1.165) is 52.0 Å². The predicted molar refractivity (Wildman–Crippen MR) is 130 cm³/mol. The van der Waals surface area contributed by atoms with E-state index in [-0.39, 0.29) is 17.8 Å². The number of carbonyl (C=O) groups excluding carboxylic acids is 1. The van der Waals surface area contributed by atoms with Crippen LogP contribution in [0.5, 0.6) is 0 Å². The van der Waals surface area contributed by atoms with E-state index in [1.165, 1.54) is 5.56 Å². The number of hydrogen-bond donors (Lipinski definition) is 1. The molecule has 2 fully saturated rings. The van der Waals surface area contributed by atoms with Crippen molar-refractivity contribution in [2.24, 2.45) is 5.92 Å². The van der Waals surface area contributed by atoms with Crippen LogP contribution in [0.1, 0.15) is 47.9 Å². The third-order valence-electron chi connectivity index (χ3n) is 6.64. The largest absolute Gasteiger partial charge is 0.304 e. The van der Waals surface area contributed by atoms with Crippen molar-refractivity contribution in [2.75, 3.05) is 38.2 Å². The predicted octanol–water partition coefficient (Wildman–Crippen LogP) is 3.20. The molecule has 9 heteroatoms. The monoisotopic (exact) mass is 511 g/mol. The first-order chi connectivity index (χ1) is 15.9. The number of nitriles is 1. The Morgan fingerprint density at radius 1 is 1.24 bits per heavy atom. The van der Waals surface area contributed by atoms with E-state index < -0.39 is 0 Å². The van der Waals surface area contributed by atoms with Gasteiger partial charge in [0.05, 0.1) is 10.5 Å². The lowest BCUT2D eigenvalue weighted by molar-refractivity contribution is 0.0941. The number of benzene rings is 1. The molecule has 1 aliphatic heterocycles. The van der Waals surface area contributed by atoms with E-state index in [4.69, 9.17) is 0 Å². The number of hydrazine groups is 1. The molecule has 0 bridgehead atoms. The van der Waals surface area contributed by atoms with Gasteiger partial charge in [0.2, 0.25) is 5.82 Å². The van der Waals surface area contributed by atoms with Crippen LogP contribution in [0.4, 0.5) is 5.82 Å². The van der Waals surface area contributed by atoms with Crippen molar-refractivity contribution in [2.45, 2.75) is 38.8 Å². The minimum Gasteiger partial charge on any atom is -0.304 e. The summed E-state index contributed by atoms with van der Waals surface area (Å²) in [5.74, 6) is 0.791. The van der Waals surface area contributed by atoms with Crippen molar-refractivity contribution < 1.29 is 4.79 Å². The summed E-state index contributed by atoms with van der Waals surface area (Å²) in [6.45, 7) is 7.37. The van der Waals surface area contributed by atoms with Crippen molar-refractivity contribution in [3.63, 3.8) is 0 Å². The Balaban J connectivity index is 1.49. The first-order valence-corrected chi connectivity index (χ1v) is 12.3.